The number of hydrogen-bond donors (Lipinski definition) is 1. The van der Waals surface area contributed by atoms with Crippen molar-refractivity contribution < 1.29 is 18.8 Å². The van der Waals surface area contributed by atoms with Crippen LogP contribution in [0.25, 0.3) is 0 Å². The van der Waals surface area contributed by atoms with Gasteiger partial charge in [-0.2, -0.15) is 4.39 Å². The second kappa shape index (κ2) is 8.35. The van der Waals surface area contributed by atoms with E-state index in [1.165, 1.54) is 31.8 Å². The number of hydrogen-bond acceptors (Lipinski definition) is 3. The lowest BCUT2D eigenvalue weighted by Crippen LogP contribution is -2.41. The van der Waals surface area contributed by atoms with E-state index in [9.17, 15) is 4.39 Å². The van der Waals surface area contributed by atoms with Crippen molar-refractivity contribution in [1.29, 1.82) is 0 Å². The average molecular weight is 314 g/mol. The van der Waals surface area contributed by atoms with E-state index >= 15 is 0 Å². The Labute approximate surface area is 135 Å². The molecule has 1 aliphatic rings. The van der Waals surface area contributed by atoms with Crippen molar-refractivity contribution in [3.8, 4) is 0 Å². The molecule has 0 unspecified atom stereocenters. The minimum atomic E-state index is -1.15. The summed E-state index contributed by atoms with van der Waals surface area (Å²) in [6, 6.07) is -1.15. The lowest BCUT2D eigenvalue weighted by Gasteiger charge is -2.32. The fourth-order valence-corrected chi connectivity index (χ4v) is 2.70. The molecule has 0 aliphatic carbocycles. The van der Waals surface area contributed by atoms with Gasteiger partial charge in [0.1, 0.15) is 0 Å². The van der Waals surface area contributed by atoms with Gasteiger partial charge in [0.2, 0.25) is 0 Å². The molecule has 0 radical (unpaired) electrons. The number of rotatable bonds is 9. The van der Waals surface area contributed by atoms with Crippen LogP contribution in [0.2, 0.25) is 5.82 Å². The van der Waals surface area contributed by atoms with Gasteiger partial charge in [-0.3, -0.25) is 0 Å². The molecule has 1 aliphatic heterocycles. The molecule has 0 amide bonds. The van der Waals surface area contributed by atoms with Crippen molar-refractivity contribution in [2.45, 2.75) is 96.6 Å². The molecule has 0 aromatic rings. The van der Waals surface area contributed by atoms with Crippen LogP contribution in [0.15, 0.2) is 12.1 Å². The molecule has 22 heavy (non-hydrogen) atoms. The summed E-state index contributed by atoms with van der Waals surface area (Å²) in [4.78, 5) is 0. The molecular weight excluding hydrogens is 282 g/mol. The molecule has 1 saturated heterocycles. The Morgan fingerprint density at radius 1 is 1.05 bits per heavy atom. The Bertz CT molecular complexity index is 349. The van der Waals surface area contributed by atoms with E-state index in [0.29, 0.717) is 0 Å². The second-order valence-electron chi connectivity index (χ2n) is 7.33. The number of aliphatic hydroxyl groups excluding tert-OH is 1. The van der Waals surface area contributed by atoms with Crippen LogP contribution in [0.5, 0.6) is 0 Å². The summed E-state index contributed by atoms with van der Waals surface area (Å²) in [5, 5.41) is 9.00. The van der Waals surface area contributed by atoms with Crippen LogP contribution in [-0.4, -0.2) is 23.4 Å². The smallest absolute Gasteiger partial charge is 0.465 e. The number of aliphatic hydroxyl groups is 1. The topological polar surface area (TPSA) is 38.7 Å². The quantitative estimate of drug-likeness (QED) is 0.343. The Balaban J connectivity index is 2.54. The van der Waals surface area contributed by atoms with E-state index < -0.39 is 24.3 Å². The molecule has 128 valence electrons. The molecule has 3 nitrogen and oxygen atoms in total. The van der Waals surface area contributed by atoms with Gasteiger partial charge in [0.15, 0.2) is 0 Å². The lowest BCUT2D eigenvalue weighted by atomic mass is 9.69. The standard InChI is InChI=1S/C17H32BFO3/c1-6-7-8-9-10-11-12-14(13-15(19)20)18-21-16(2,3)17(4,5)22-18/h13-14,20H,6-12H2,1-5H3/b15-13+/t14-/m1/s1. The van der Waals surface area contributed by atoms with Crippen molar-refractivity contribution in [3.63, 3.8) is 0 Å². The monoisotopic (exact) mass is 314 g/mol. The Morgan fingerprint density at radius 3 is 2.05 bits per heavy atom. The molecule has 1 heterocycles. The van der Waals surface area contributed by atoms with E-state index in [1.54, 1.807) is 0 Å². The predicted molar refractivity (Wildman–Crippen MR) is 89.6 cm³/mol. The van der Waals surface area contributed by atoms with Crippen molar-refractivity contribution >= 4 is 7.12 Å². The Hall–Kier alpha value is -0.545. The van der Waals surface area contributed by atoms with Crippen molar-refractivity contribution in [3.05, 3.63) is 12.1 Å². The summed E-state index contributed by atoms with van der Waals surface area (Å²) in [7, 11) is -0.501. The molecule has 1 N–H and O–H groups in total. The lowest BCUT2D eigenvalue weighted by molar-refractivity contribution is 0.00578. The maximum Gasteiger partial charge on any atom is 0.465 e. The summed E-state index contributed by atoms with van der Waals surface area (Å²) < 4.78 is 24.9. The Kier molecular flexibility index (Phi) is 7.40. The fraction of sp³-hybridized carbons (Fsp3) is 0.882. The third-order valence-corrected chi connectivity index (χ3v) is 4.86. The number of halogens is 1. The van der Waals surface area contributed by atoms with Gasteiger partial charge in [-0.25, -0.2) is 0 Å². The summed E-state index contributed by atoms with van der Waals surface area (Å²) in [6.07, 6.45) is 9.06. The summed E-state index contributed by atoms with van der Waals surface area (Å²) in [5.74, 6) is -0.253. The highest BCUT2D eigenvalue weighted by molar-refractivity contribution is 6.48. The maximum atomic E-state index is 13.0. The molecule has 0 bridgehead atoms. The van der Waals surface area contributed by atoms with Crippen LogP contribution in [0, 0.1) is 0 Å². The van der Waals surface area contributed by atoms with E-state index in [-0.39, 0.29) is 5.82 Å². The van der Waals surface area contributed by atoms with E-state index in [2.05, 4.69) is 6.92 Å². The van der Waals surface area contributed by atoms with E-state index in [4.69, 9.17) is 14.4 Å². The van der Waals surface area contributed by atoms with Crippen LogP contribution < -0.4 is 0 Å². The molecule has 1 rings (SSSR count). The van der Waals surface area contributed by atoms with Crippen LogP contribution in [-0.2, 0) is 9.31 Å². The first-order valence-electron chi connectivity index (χ1n) is 8.61. The average Bonchev–Trinajstić information content (AvgIpc) is 2.60. The minimum absolute atomic E-state index is 0.253. The zero-order valence-electron chi connectivity index (χ0n) is 14.8. The zero-order chi connectivity index (χ0) is 16.8. The largest absolute Gasteiger partial charge is 0.487 e. The third kappa shape index (κ3) is 5.58. The van der Waals surface area contributed by atoms with Crippen LogP contribution in [0.1, 0.15) is 79.6 Å². The minimum Gasteiger partial charge on any atom is -0.487 e. The Morgan fingerprint density at radius 2 is 1.55 bits per heavy atom. The zero-order valence-corrected chi connectivity index (χ0v) is 14.8. The molecule has 0 spiro atoms. The van der Waals surface area contributed by atoms with E-state index in [0.717, 1.165) is 19.3 Å². The number of unbranched alkanes of at least 4 members (excludes halogenated alkanes) is 5. The highest BCUT2D eigenvalue weighted by Gasteiger charge is 2.53. The summed E-state index contributed by atoms with van der Waals surface area (Å²) >= 11 is 0. The van der Waals surface area contributed by atoms with Crippen LogP contribution in [0.4, 0.5) is 4.39 Å². The third-order valence-electron chi connectivity index (χ3n) is 4.86. The van der Waals surface area contributed by atoms with Gasteiger partial charge in [0.25, 0.3) is 6.01 Å². The molecule has 0 aromatic heterocycles. The molecule has 0 saturated carbocycles. The molecule has 1 fully saturated rings. The second-order valence-corrected chi connectivity index (χ2v) is 7.33. The van der Waals surface area contributed by atoms with Gasteiger partial charge in [0, 0.05) is 5.82 Å². The van der Waals surface area contributed by atoms with Crippen molar-refractivity contribution in [2.24, 2.45) is 0 Å². The molecule has 5 heteroatoms. The van der Waals surface area contributed by atoms with Gasteiger partial charge in [-0.1, -0.05) is 45.4 Å². The first kappa shape index (κ1) is 19.5. The van der Waals surface area contributed by atoms with Crippen LogP contribution in [0.3, 0.4) is 0 Å². The van der Waals surface area contributed by atoms with Gasteiger partial charge in [0.05, 0.1) is 11.2 Å². The first-order valence-corrected chi connectivity index (χ1v) is 8.61. The maximum absolute atomic E-state index is 13.0. The highest BCUT2D eigenvalue weighted by Crippen LogP contribution is 2.41. The summed E-state index contributed by atoms with van der Waals surface area (Å²) in [5.41, 5.74) is -0.867. The first-order chi connectivity index (χ1) is 10.2. The molecule has 1 atom stereocenters. The summed E-state index contributed by atoms with van der Waals surface area (Å²) in [6.45, 7) is 10.1. The van der Waals surface area contributed by atoms with Gasteiger partial charge >= 0.3 is 7.12 Å². The predicted octanol–water partition coefficient (Wildman–Crippen LogP) is 5.57. The van der Waals surface area contributed by atoms with Crippen molar-refractivity contribution in [2.75, 3.05) is 0 Å². The normalized spacial score (nSPS) is 22.1. The highest BCUT2D eigenvalue weighted by atomic mass is 19.1. The van der Waals surface area contributed by atoms with Gasteiger partial charge in [-0.05, 0) is 40.2 Å². The number of allylic oxidation sites excluding steroid dienone is 1. The van der Waals surface area contributed by atoms with Crippen LogP contribution >= 0.6 is 0 Å². The van der Waals surface area contributed by atoms with E-state index in [1.807, 2.05) is 27.7 Å². The molecular formula is C17H32BFO3. The SMILES string of the molecule is CCCCCCCC[C@H](/C=C(/O)F)B1OC(C)(C)C(C)(C)O1. The van der Waals surface area contributed by atoms with Gasteiger partial charge in [-0.15, -0.1) is 0 Å². The molecule has 0 aromatic carbocycles. The fourth-order valence-electron chi connectivity index (χ4n) is 2.70. The van der Waals surface area contributed by atoms with Gasteiger partial charge < -0.3 is 14.4 Å². The van der Waals surface area contributed by atoms with Crippen molar-refractivity contribution in [1.82, 2.24) is 0 Å².